The summed E-state index contributed by atoms with van der Waals surface area (Å²) in [6.07, 6.45) is 3.50. The van der Waals surface area contributed by atoms with Crippen LogP contribution < -0.4 is 15.5 Å². The van der Waals surface area contributed by atoms with Crippen molar-refractivity contribution < 1.29 is 4.74 Å². The molecule has 2 aliphatic rings. The number of rotatable bonds is 7. The van der Waals surface area contributed by atoms with E-state index in [1.165, 1.54) is 18.5 Å². The predicted molar refractivity (Wildman–Crippen MR) is 110 cm³/mol. The van der Waals surface area contributed by atoms with E-state index in [1.807, 2.05) is 0 Å². The molecule has 2 heterocycles. The molecule has 1 aliphatic carbocycles. The monoisotopic (exact) mass is 367 g/mol. The smallest absolute Gasteiger partial charge is 0.225 e. The van der Waals surface area contributed by atoms with Crippen molar-refractivity contribution in [2.75, 3.05) is 41.8 Å². The Morgan fingerprint density at radius 1 is 1.15 bits per heavy atom. The molecule has 1 aromatic carbocycles. The van der Waals surface area contributed by atoms with Crippen LogP contribution in [-0.4, -0.2) is 42.3 Å². The number of nitrogens with zero attached hydrogens (tertiary/aromatic N) is 3. The largest absolute Gasteiger partial charge is 0.378 e. The zero-order valence-corrected chi connectivity index (χ0v) is 16.2. The molecule has 1 saturated heterocycles. The fraction of sp³-hybridized carbons (Fsp3) is 0.524. The van der Waals surface area contributed by atoms with Gasteiger partial charge in [0.1, 0.15) is 5.82 Å². The lowest BCUT2D eigenvalue weighted by Crippen LogP contribution is -2.36. The van der Waals surface area contributed by atoms with Crippen molar-refractivity contribution in [1.82, 2.24) is 9.97 Å². The average Bonchev–Trinajstić information content (AvgIpc) is 3.54. The standard InChI is InChI=1S/C21H29N5O/c1-3-15(2)22-21-24-19(16-4-5-16)14-20(25-21)23-17-6-8-18(9-7-17)26-10-12-27-13-11-26/h6-9,14-16H,3-5,10-13H2,1-2H3,(H2,22,23,24,25)/t15-/m1/s1. The minimum atomic E-state index is 0.361. The van der Waals surface area contributed by atoms with E-state index in [2.05, 4.69) is 64.7 Å². The Hall–Kier alpha value is -2.34. The number of benzene rings is 1. The minimum absolute atomic E-state index is 0.361. The molecular formula is C21H29N5O. The van der Waals surface area contributed by atoms with Gasteiger partial charge in [0.05, 0.1) is 18.9 Å². The molecule has 6 heteroatoms. The molecule has 0 amide bonds. The number of morpholine rings is 1. The van der Waals surface area contributed by atoms with Gasteiger partial charge < -0.3 is 20.3 Å². The summed E-state index contributed by atoms with van der Waals surface area (Å²) in [7, 11) is 0. The number of hydrogen-bond acceptors (Lipinski definition) is 6. The minimum Gasteiger partial charge on any atom is -0.378 e. The highest BCUT2D eigenvalue weighted by Crippen LogP contribution is 2.40. The maximum Gasteiger partial charge on any atom is 0.225 e. The third-order valence-electron chi connectivity index (χ3n) is 5.25. The lowest BCUT2D eigenvalue weighted by Gasteiger charge is -2.28. The first-order chi connectivity index (χ1) is 13.2. The van der Waals surface area contributed by atoms with Gasteiger partial charge in [0.15, 0.2) is 0 Å². The molecule has 144 valence electrons. The van der Waals surface area contributed by atoms with Gasteiger partial charge in [-0.25, -0.2) is 4.98 Å². The zero-order chi connectivity index (χ0) is 18.6. The first kappa shape index (κ1) is 18.0. The fourth-order valence-corrected chi connectivity index (χ4v) is 3.23. The van der Waals surface area contributed by atoms with E-state index < -0.39 is 0 Å². The van der Waals surface area contributed by atoms with E-state index in [0.717, 1.165) is 55.9 Å². The molecular weight excluding hydrogens is 338 g/mol. The van der Waals surface area contributed by atoms with Crippen LogP contribution in [0.5, 0.6) is 0 Å². The maximum atomic E-state index is 5.43. The molecule has 1 atom stereocenters. The molecule has 1 aromatic heterocycles. The second kappa shape index (κ2) is 8.13. The molecule has 0 unspecified atom stereocenters. The van der Waals surface area contributed by atoms with Gasteiger partial charge in [0, 0.05) is 42.5 Å². The molecule has 27 heavy (non-hydrogen) atoms. The van der Waals surface area contributed by atoms with Gasteiger partial charge in [0.2, 0.25) is 5.95 Å². The quantitative estimate of drug-likeness (QED) is 0.767. The molecule has 2 N–H and O–H groups in total. The van der Waals surface area contributed by atoms with Crippen molar-refractivity contribution in [2.24, 2.45) is 0 Å². The van der Waals surface area contributed by atoms with E-state index in [1.54, 1.807) is 0 Å². The zero-order valence-electron chi connectivity index (χ0n) is 16.2. The summed E-state index contributed by atoms with van der Waals surface area (Å²) in [4.78, 5) is 11.8. The molecule has 1 aliphatic heterocycles. The Labute approximate surface area is 161 Å². The van der Waals surface area contributed by atoms with Crippen molar-refractivity contribution in [3.05, 3.63) is 36.0 Å². The Balaban J connectivity index is 1.49. The summed E-state index contributed by atoms with van der Waals surface area (Å²) >= 11 is 0. The number of anilines is 4. The Morgan fingerprint density at radius 3 is 2.56 bits per heavy atom. The van der Waals surface area contributed by atoms with Crippen molar-refractivity contribution >= 4 is 23.1 Å². The van der Waals surface area contributed by atoms with E-state index >= 15 is 0 Å². The van der Waals surface area contributed by atoms with Crippen molar-refractivity contribution in [2.45, 2.75) is 45.1 Å². The van der Waals surface area contributed by atoms with Gasteiger partial charge in [-0.05, 0) is 50.5 Å². The highest BCUT2D eigenvalue weighted by molar-refractivity contribution is 5.62. The maximum absolute atomic E-state index is 5.43. The molecule has 4 rings (SSSR count). The van der Waals surface area contributed by atoms with Crippen LogP contribution in [0.4, 0.5) is 23.1 Å². The molecule has 6 nitrogen and oxygen atoms in total. The van der Waals surface area contributed by atoms with Crippen LogP contribution in [0.25, 0.3) is 0 Å². The lowest BCUT2D eigenvalue weighted by molar-refractivity contribution is 0.122. The Bertz CT molecular complexity index is 754. The predicted octanol–water partition coefficient (Wildman–Crippen LogP) is 4.14. The van der Waals surface area contributed by atoms with Gasteiger partial charge in [-0.3, -0.25) is 0 Å². The highest BCUT2D eigenvalue weighted by Gasteiger charge is 2.26. The van der Waals surface area contributed by atoms with Crippen molar-refractivity contribution in [1.29, 1.82) is 0 Å². The molecule has 0 bridgehead atoms. The second-order valence-electron chi connectivity index (χ2n) is 7.50. The summed E-state index contributed by atoms with van der Waals surface area (Å²) < 4.78 is 5.43. The fourth-order valence-electron chi connectivity index (χ4n) is 3.23. The first-order valence-electron chi connectivity index (χ1n) is 10.1. The number of aromatic nitrogens is 2. The summed E-state index contributed by atoms with van der Waals surface area (Å²) in [6, 6.07) is 11.0. The summed E-state index contributed by atoms with van der Waals surface area (Å²) in [6.45, 7) is 7.83. The van der Waals surface area contributed by atoms with Gasteiger partial charge in [-0.15, -0.1) is 0 Å². The van der Waals surface area contributed by atoms with Crippen molar-refractivity contribution in [3.8, 4) is 0 Å². The first-order valence-corrected chi connectivity index (χ1v) is 10.1. The third kappa shape index (κ3) is 4.69. The van der Waals surface area contributed by atoms with Crippen LogP contribution in [-0.2, 0) is 4.74 Å². The Kier molecular flexibility index (Phi) is 5.43. The van der Waals surface area contributed by atoms with Gasteiger partial charge >= 0.3 is 0 Å². The van der Waals surface area contributed by atoms with Crippen LogP contribution in [0.15, 0.2) is 30.3 Å². The van der Waals surface area contributed by atoms with E-state index in [0.29, 0.717) is 12.0 Å². The highest BCUT2D eigenvalue weighted by atomic mass is 16.5. The summed E-state index contributed by atoms with van der Waals surface area (Å²) in [5.41, 5.74) is 3.43. The van der Waals surface area contributed by atoms with Gasteiger partial charge in [-0.2, -0.15) is 4.98 Å². The lowest BCUT2D eigenvalue weighted by atomic mass is 10.2. The topological polar surface area (TPSA) is 62.3 Å². The van der Waals surface area contributed by atoms with E-state index in [9.17, 15) is 0 Å². The number of hydrogen-bond donors (Lipinski definition) is 2. The molecule has 2 fully saturated rings. The van der Waals surface area contributed by atoms with Crippen molar-refractivity contribution in [3.63, 3.8) is 0 Å². The summed E-state index contributed by atoms with van der Waals surface area (Å²) in [5.74, 6) is 2.17. The summed E-state index contributed by atoms with van der Waals surface area (Å²) in [5, 5.41) is 6.87. The Morgan fingerprint density at radius 2 is 1.89 bits per heavy atom. The van der Waals surface area contributed by atoms with Crippen LogP contribution in [0, 0.1) is 0 Å². The van der Waals surface area contributed by atoms with Gasteiger partial charge in [0.25, 0.3) is 0 Å². The van der Waals surface area contributed by atoms with Crippen LogP contribution in [0.2, 0.25) is 0 Å². The normalized spacial score (nSPS) is 18.2. The number of ether oxygens (including phenoxy) is 1. The van der Waals surface area contributed by atoms with Crippen LogP contribution in [0.3, 0.4) is 0 Å². The third-order valence-corrected chi connectivity index (χ3v) is 5.25. The number of nitrogens with one attached hydrogen (secondary N) is 2. The van der Waals surface area contributed by atoms with Crippen LogP contribution >= 0.6 is 0 Å². The molecule has 0 radical (unpaired) electrons. The molecule has 1 saturated carbocycles. The second-order valence-corrected chi connectivity index (χ2v) is 7.50. The van der Waals surface area contributed by atoms with Gasteiger partial charge in [-0.1, -0.05) is 6.92 Å². The van der Waals surface area contributed by atoms with E-state index in [-0.39, 0.29) is 0 Å². The molecule has 0 spiro atoms. The average molecular weight is 367 g/mol. The molecule has 2 aromatic rings. The SMILES string of the molecule is CC[C@@H](C)Nc1nc(Nc2ccc(N3CCOCC3)cc2)cc(C2CC2)n1. The van der Waals surface area contributed by atoms with Crippen LogP contribution in [0.1, 0.15) is 44.7 Å². The van der Waals surface area contributed by atoms with E-state index in [4.69, 9.17) is 9.72 Å².